The smallest absolute Gasteiger partial charge is 0.338 e. The average Bonchev–Trinajstić information content (AvgIpc) is 2.78. The number of hydrogen-bond donors (Lipinski definition) is 1. The van der Waals surface area contributed by atoms with Crippen LogP contribution >= 0.6 is 15.9 Å². The molecule has 0 fully saturated rings. The van der Waals surface area contributed by atoms with Crippen molar-refractivity contribution in [1.29, 1.82) is 0 Å². The summed E-state index contributed by atoms with van der Waals surface area (Å²) in [5.41, 5.74) is 2.02. The highest BCUT2D eigenvalue weighted by Crippen LogP contribution is 2.34. The molecule has 0 radical (unpaired) electrons. The number of urea groups is 1. The number of benzene rings is 1. The Morgan fingerprint density at radius 2 is 2.00 bits per heavy atom. The summed E-state index contributed by atoms with van der Waals surface area (Å²) >= 11 is 3.36. The molecular weight excluding hydrogens is 312 g/mol. The number of nitrogens with zero attached hydrogens (tertiary/aromatic N) is 1. The molecule has 0 unspecified atom stereocenters. The van der Waals surface area contributed by atoms with Gasteiger partial charge in [0.1, 0.15) is 6.61 Å². The predicted octanol–water partition coefficient (Wildman–Crippen LogP) is 1.96. The zero-order valence-corrected chi connectivity index (χ0v) is 11.7. The van der Waals surface area contributed by atoms with Crippen LogP contribution in [0.1, 0.15) is 11.6 Å². The van der Waals surface area contributed by atoms with Crippen LogP contribution in [0.15, 0.2) is 40.0 Å². The third kappa shape index (κ3) is 1.92. The van der Waals surface area contributed by atoms with Gasteiger partial charge >= 0.3 is 12.0 Å². The van der Waals surface area contributed by atoms with E-state index < -0.39 is 6.04 Å². The number of cyclic esters (lactones) is 1. The first-order valence-corrected chi connectivity index (χ1v) is 6.57. The third-order valence-corrected chi connectivity index (χ3v) is 3.87. The van der Waals surface area contributed by atoms with Crippen LogP contribution in [0, 0.1) is 0 Å². The minimum atomic E-state index is -0.443. The Morgan fingerprint density at radius 3 is 2.68 bits per heavy atom. The largest absolute Gasteiger partial charge is 0.456 e. The number of ether oxygens (including phenoxy) is 1. The lowest BCUT2D eigenvalue weighted by atomic mass is 9.96. The minimum Gasteiger partial charge on any atom is -0.456 e. The maximum absolute atomic E-state index is 11.9. The Hall–Kier alpha value is -1.82. The summed E-state index contributed by atoms with van der Waals surface area (Å²) in [6.07, 6.45) is 0. The first-order valence-electron chi connectivity index (χ1n) is 5.78. The van der Waals surface area contributed by atoms with Crippen molar-refractivity contribution in [3.05, 3.63) is 45.6 Å². The molecule has 0 spiro atoms. The quantitative estimate of drug-likeness (QED) is 0.804. The lowest BCUT2D eigenvalue weighted by Gasteiger charge is -2.30. The van der Waals surface area contributed by atoms with Gasteiger partial charge in [-0.05, 0) is 17.7 Å². The molecule has 19 heavy (non-hydrogen) atoms. The molecule has 2 aliphatic heterocycles. The van der Waals surface area contributed by atoms with Gasteiger partial charge in [-0.25, -0.2) is 9.59 Å². The lowest BCUT2D eigenvalue weighted by Crippen LogP contribution is -2.45. The highest BCUT2D eigenvalue weighted by molar-refractivity contribution is 9.10. The number of nitrogens with one attached hydrogen (secondary N) is 1. The van der Waals surface area contributed by atoms with E-state index in [1.807, 2.05) is 24.3 Å². The van der Waals surface area contributed by atoms with Gasteiger partial charge in [-0.15, -0.1) is 0 Å². The molecule has 0 aromatic heterocycles. The van der Waals surface area contributed by atoms with Crippen molar-refractivity contribution in [3.8, 4) is 0 Å². The summed E-state index contributed by atoms with van der Waals surface area (Å²) in [4.78, 5) is 25.2. The van der Waals surface area contributed by atoms with Gasteiger partial charge in [0.15, 0.2) is 0 Å². The van der Waals surface area contributed by atoms with Crippen molar-refractivity contribution < 1.29 is 14.3 Å². The zero-order valence-electron chi connectivity index (χ0n) is 10.1. The topological polar surface area (TPSA) is 58.6 Å². The van der Waals surface area contributed by atoms with E-state index in [0.29, 0.717) is 11.3 Å². The number of amides is 2. The fraction of sp³-hybridized carbons (Fsp3) is 0.231. The van der Waals surface area contributed by atoms with E-state index in [0.717, 1.165) is 10.0 Å². The highest BCUT2D eigenvalue weighted by atomic mass is 79.9. The predicted molar refractivity (Wildman–Crippen MR) is 71.2 cm³/mol. The van der Waals surface area contributed by atoms with Gasteiger partial charge in [0.2, 0.25) is 0 Å². The monoisotopic (exact) mass is 322 g/mol. The van der Waals surface area contributed by atoms with Crippen LogP contribution in [0.2, 0.25) is 0 Å². The van der Waals surface area contributed by atoms with Gasteiger partial charge in [0.05, 0.1) is 17.3 Å². The summed E-state index contributed by atoms with van der Waals surface area (Å²) in [5, 5.41) is 2.82. The van der Waals surface area contributed by atoms with Gasteiger partial charge in [-0.2, -0.15) is 0 Å². The van der Waals surface area contributed by atoms with E-state index in [4.69, 9.17) is 4.74 Å². The molecule has 2 amide bonds. The maximum Gasteiger partial charge on any atom is 0.338 e. The molecule has 1 atom stereocenters. The molecule has 0 saturated heterocycles. The number of esters is 1. The minimum absolute atomic E-state index is 0.158. The van der Waals surface area contributed by atoms with Gasteiger partial charge in [-0.1, -0.05) is 28.1 Å². The number of carbonyl (C=O) groups is 2. The number of hydrogen-bond acceptors (Lipinski definition) is 3. The van der Waals surface area contributed by atoms with E-state index >= 15 is 0 Å². The molecule has 6 heteroatoms. The number of rotatable bonds is 1. The van der Waals surface area contributed by atoms with Gasteiger partial charge in [0.25, 0.3) is 0 Å². The molecule has 0 aliphatic carbocycles. The van der Waals surface area contributed by atoms with Crippen LogP contribution < -0.4 is 5.32 Å². The lowest BCUT2D eigenvalue weighted by molar-refractivity contribution is -0.136. The van der Waals surface area contributed by atoms with Crippen molar-refractivity contribution >= 4 is 27.9 Å². The Bertz CT molecular complexity index is 594. The van der Waals surface area contributed by atoms with Crippen LogP contribution in [-0.4, -0.2) is 30.6 Å². The summed E-state index contributed by atoms with van der Waals surface area (Å²) in [5.74, 6) is -0.366. The molecule has 0 bridgehead atoms. The van der Waals surface area contributed by atoms with Gasteiger partial charge < -0.3 is 10.1 Å². The second-order valence-corrected chi connectivity index (χ2v) is 5.35. The molecule has 3 rings (SSSR count). The summed E-state index contributed by atoms with van der Waals surface area (Å²) < 4.78 is 5.98. The van der Waals surface area contributed by atoms with Crippen molar-refractivity contribution in [2.45, 2.75) is 6.04 Å². The van der Waals surface area contributed by atoms with Gasteiger partial charge in [0, 0.05) is 11.5 Å². The van der Waals surface area contributed by atoms with Crippen LogP contribution in [0.4, 0.5) is 4.79 Å². The molecule has 2 aliphatic rings. The Morgan fingerprint density at radius 1 is 1.32 bits per heavy atom. The third-order valence-electron chi connectivity index (χ3n) is 3.34. The number of likely N-dealkylation sites (N-methyl/N-ethyl adjacent to an activating group) is 1. The van der Waals surface area contributed by atoms with Crippen molar-refractivity contribution in [2.24, 2.45) is 0 Å². The average molecular weight is 323 g/mol. The SMILES string of the molecule is CN1C(=O)N[C@@H](c2ccc(Br)cc2)C2=C1COC2=O. The Kier molecular flexibility index (Phi) is 2.82. The summed E-state index contributed by atoms with van der Waals surface area (Å²) in [6.45, 7) is 0.158. The fourth-order valence-corrected chi connectivity index (χ4v) is 2.55. The summed E-state index contributed by atoms with van der Waals surface area (Å²) in [6, 6.07) is 6.82. The Balaban J connectivity index is 2.08. The number of halogens is 1. The summed E-state index contributed by atoms with van der Waals surface area (Å²) in [7, 11) is 1.63. The molecule has 5 nitrogen and oxygen atoms in total. The van der Waals surface area contributed by atoms with E-state index in [2.05, 4.69) is 21.2 Å². The van der Waals surface area contributed by atoms with Crippen LogP contribution in [0.25, 0.3) is 0 Å². The van der Waals surface area contributed by atoms with Crippen molar-refractivity contribution in [3.63, 3.8) is 0 Å². The second-order valence-electron chi connectivity index (χ2n) is 4.43. The van der Waals surface area contributed by atoms with E-state index in [9.17, 15) is 9.59 Å². The molecule has 98 valence electrons. The fourth-order valence-electron chi connectivity index (χ4n) is 2.29. The Labute approximate surface area is 118 Å². The first kappa shape index (κ1) is 12.2. The van der Waals surface area contributed by atoms with Crippen LogP contribution in [-0.2, 0) is 9.53 Å². The zero-order chi connectivity index (χ0) is 13.6. The molecule has 2 heterocycles. The van der Waals surface area contributed by atoms with Crippen molar-refractivity contribution in [2.75, 3.05) is 13.7 Å². The second kappa shape index (κ2) is 4.38. The molecule has 1 aromatic carbocycles. The molecule has 1 aromatic rings. The van der Waals surface area contributed by atoms with E-state index in [-0.39, 0.29) is 18.6 Å². The first-order chi connectivity index (χ1) is 9.08. The molecule has 1 N–H and O–H groups in total. The molecule has 0 saturated carbocycles. The maximum atomic E-state index is 11.9. The normalized spacial score (nSPS) is 22.2. The number of carbonyl (C=O) groups excluding carboxylic acids is 2. The van der Waals surface area contributed by atoms with Crippen LogP contribution in [0.3, 0.4) is 0 Å². The molecular formula is C13H11BrN2O3. The van der Waals surface area contributed by atoms with E-state index in [1.54, 1.807) is 7.05 Å². The standard InChI is InChI=1S/C13H11BrN2O3/c1-16-9-6-19-12(17)10(9)11(15-13(16)18)7-2-4-8(14)5-3-7/h2-5,11H,6H2,1H3,(H,15,18)/t11-/m0/s1. The van der Waals surface area contributed by atoms with Crippen molar-refractivity contribution in [1.82, 2.24) is 10.2 Å². The van der Waals surface area contributed by atoms with E-state index in [1.165, 1.54) is 4.90 Å². The highest BCUT2D eigenvalue weighted by Gasteiger charge is 2.40. The van der Waals surface area contributed by atoms with Gasteiger partial charge in [-0.3, -0.25) is 4.90 Å². The van der Waals surface area contributed by atoms with Crippen LogP contribution in [0.5, 0.6) is 0 Å².